The smallest absolute Gasteiger partial charge is 0.744 e. The van der Waals surface area contributed by atoms with Crippen molar-refractivity contribution >= 4 is 143 Å². The molecule has 0 unspecified atom stereocenters. The van der Waals surface area contributed by atoms with E-state index in [1.54, 1.807) is 0 Å². The molecule has 0 bridgehead atoms. The third-order valence-electron chi connectivity index (χ3n) is 10.3. The molecule has 0 saturated carbocycles. The van der Waals surface area contributed by atoms with Gasteiger partial charge < -0.3 is 69.9 Å². The largest absolute Gasteiger partial charge is 1.00 e. The normalized spacial score (nSPS) is 11.5. The van der Waals surface area contributed by atoms with Crippen LogP contribution in [0.2, 0.25) is 0 Å². The maximum Gasteiger partial charge on any atom is 1.00 e. The zero-order valence-corrected chi connectivity index (χ0v) is 64.5. The van der Waals surface area contributed by atoms with E-state index in [9.17, 15) is 87.4 Å². The minimum absolute atomic E-state index is 0. The second-order valence-corrected chi connectivity index (χ2v) is 24.7. The third-order valence-corrected chi connectivity index (χ3v) is 15.6. The van der Waals surface area contributed by atoms with Crippen LogP contribution in [0.1, 0.15) is 37.8 Å². The van der Waals surface area contributed by atoms with Crippen molar-refractivity contribution < 1.29 is 265 Å². The first-order chi connectivity index (χ1) is 38.0. The molecule has 88 heavy (non-hydrogen) atoms. The Morgan fingerprint density at radius 1 is 0.375 bits per heavy atom. The quantitative estimate of drug-likeness (QED) is 0.0108. The van der Waals surface area contributed by atoms with E-state index in [2.05, 4.69) is 72.4 Å². The van der Waals surface area contributed by atoms with Gasteiger partial charge in [0.05, 0.1) is 40.7 Å². The van der Waals surface area contributed by atoms with Crippen molar-refractivity contribution in [1.29, 1.82) is 0 Å². The summed E-state index contributed by atoms with van der Waals surface area (Å²) in [6.45, 7) is 3.02. The average molecular weight is 1390 g/mol. The molecular formula is C42H40N14Na6O20S6. The molecule has 0 aliphatic heterocycles. The van der Waals surface area contributed by atoms with Crippen molar-refractivity contribution in [2.45, 2.75) is 56.1 Å². The van der Waals surface area contributed by atoms with Crippen LogP contribution in [0.5, 0.6) is 0 Å². The summed E-state index contributed by atoms with van der Waals surface area (Å²) >= 11 is 0. The molecule has 0 saturated heterocycles. The molecule has 4 aromatic carbocycles. The second kappa shape index (κ2) is 36.5. The van der Waals surface area contributed by atoms with E-state index in [1.807, 2.05) is 0 Å². The Bertz CT molecular complexity index is 3980. The molecule has 0 spiro atoms. The van der Waals surface area contributed by atoms with Crippen molar-refractivity contribution in [3.63, 3.8) is 0 Å². The van der Waals surface area contributed by atoms with Gasteiger partial charge in [0.15, 0.2) is 0 Å². The maximum absolute atomic E-state index is 12.7. The number of hydrogen-bond donors (Lipinski definition) is 8. The van der Waals surface area contributed by atoms with E-state index in [0.29, 0.717) is 36.4 Å². The number of rotatable bonds is 26. The minimum atomic E-state index is -5.44. The molecule has 0 fully saturated rings. The third kappa shape index (κ3) is 26.7. The molecule has 0 radical (unpaired) electrons. The minimum Gasteiger partial charge on any atom is -0.744 e. The molecule has 2 heterocycles. The second-order valence-electron chi connectivity index (χ2n) is 16.5. The number of nitrogens with one attached hydrogen (secondary N) is 8. The summed E-state index contributed by atoms with van der Waals surface area (Å²) in [5, 5.41) is 20.5. The van der Waals surface area contributed by atoms with Gasteiger partial charge in [-0.1, -0.05) is 24.3 Å². The van der Waals surface area contributed by atoms with Crippen LogP contribution in [0.4, 0.5) is 58.4 Å². The van der Waals surface area contributed by atoms with Crippen LogP contribution < -0.4 is 220 Å². The van der Waals surface area contributed by atoms with E-state index >= 15 is 0 Å². The summed E-state index contributed by atoms with van der Waals surface area (Å²) < 4.78 is 220. The van der Waals surface area contributed by atoms with E-state index in [4.69, 9.17) is 0 Å². The fraction of sp³-hybridized carbons (Fsp3) is 0.190. The average Bonchev–Trinajstić information content (AvgIpc) is 3.47. The summed E-state index contributed by atoms with van der Waals surface area (Å²) in [6.07, 6.45) is 2.46. The van der Waals surface area contributed by atoms with Gasteiger partial charge in [0.2, 0.25) is 47.5 Å². The molecule has 46 heteroatoms. The van der Waals surface area contributed by atoms with Gasteiger partial charge in [0, 0.05) is 51.4 Å². The fourth-order valence-electron chi connectivity index (χ4n) is 6.81. The number of amides is 2. The van der Waals surface area contributed by atoms with Crippen molar-refractivity contribution in [2.75, 3.05) is 58.1 Å². The zero-order valence-electron chi connectivity index (χ0n) is 47.6. The molecule has 0 atom stereocenters. The molecule has 2 amide bonds. The molecule has 6 aromatic rings. The van der Waals surface area contributed by atoms with E-state index in [0.717, 1.165) is 36.4 Å². The maximum atomic E-state index is 12.7. The summed E-state index contributed by atoms with van der Waals surface area (Å²) in [6, 6.07) is 9.31. The Hall–Kier alpha value is -2.16. The number of aromatic nitrogens is 6. The Morgan fingerprint density at radius 2 is 0.670 bits per heavy atom. The van der Waals surface area contributed by atoms with E-state index in [-0.39, 0.29) is 263 Å². The van der Waals surface area contributed by atoms with Crippen molar-refractivity contribution in [1.82, 2.24) is 40.5 Å². The molecule has 440 valence electrons. The molecule has 6 rings (SSSR count). The first-order valence-corrected chi connectivity index (χ1v) is 31.0. The summed E-state index contributed by atoms with van der Waals surface area (Å²) in [7, 11) is -32.0. The van der Waals surface area contributed by atoms with Gasteiger partial charge in [0.25, 0.3) is 0 Å². The number of hydrogen-bond acceptors (Lipinski definition) is 32. The van der Waals surface area contributed by atoms with Crippen LogP contribution in [-0.4, -0.2) is 146 Å². The van der Waals surface area contributed by atoms with Crippen LogP contribution in [0.25, 0.3) is 12.2 Å². The van der Waals surface area contributed by atoms with Crippen LogP contribution in [-0.2, 0) is 70.3 Å². The van der Waals surface area contributed by atoms with Gasteiger partial charge in [-0.2, -0.15) is 29.9 Å². The van der Waals surface area contributed by atoms with Crippen LogP contribution in [0.15, 0.2) is 102 Å². The first-order valence-electron chi connectivity index (χ1n) is 22.6. The topological polar surface area (TPSA) is 551 Å². The number of carbonyl (C=O) groups excluding carboxylic acids is 2. The van der Waals surface area contributed by atoms with E-state index in [1.165, 1.54) is 26.0 Å². The Balaban J connectivity index is 0.0000126. The monoisotopic (exact) mass is 1390 g/mol. The number of anilines is 10. The van der Waals surface area contributed by atoms with Gasteiger partial charge in [-0.3, -0.25) is 9.59 Å². The summed E-state index contributed by atoms with van der Waals surface area (Å²) in [5.74, 6) is -3.47. The molecule has 2 aromatic heterocycles. The van der Waals surface area contributed by atoms with Crippen molar-refractivity contribution in [2.24, 2.45) is 0 Å². The number of carbonyl (C=O) groups is 2. The van der Waals surface area contributed by atoms with Gasteiger partial charge in [-0.25, -0.2) is 50.5 Å². The summed E-state index contributed by atoms with van der Waals surface area (Å²) in [4.78, 5) is 41.2. The Labute approximate surface area is 637 Å². The molecular weight excluding hydrogens is 1350 g/mol. The Morgan fingerprint density at radius 3 is 0.955 bits per heavy atom. The standard InChI is InChI=1S/C42H46N14O20S6.6Na/c1-23(57)43-15-3-17-45-37-51-39(55-41(53-37)49-31-21-29(77(59,60)61)11-13-33(31)79(65,66)67)47-27-9-7-25(35(19-27)81(71,72)73)5-6-26-8-10-28(20-36(26)82(74,75)76)48-40-52-38(46-18-4-16-44-24(2)58)54-42(56-40)50-32-22-30(78(62,63)64)12-14-34(32)80(68,69)70;;;;;;/h5-14,19-22H,3-4,15-18H2,1-2H3,(H,43,57)(H,44,58)(H,59,60,61)(H,62,63,64)(H,65,66,67)(H,68,69,70)(H,71,72,73)(H,74,75,76)(H3,45,47,49,51,53,55)(H3,46,48,50,52,54,56);;;;;;/q;6*+1/p-6/b6-5+;;;;;;. The fourth-order valence-corrected chi connectivity index (χ4v) is 10.4. The number of benzene rings is 4. The van der Waals surface area contributed by atoms with Gasteiger partial charge in [-0.05, 0) is 84.6 Å². The van der Waals surface area contributed by atoms with Gasteiger partial charge in [0.1, 0.15) is 60.7 Å². The van der Waals surface area contributed by atoms with Crippen LogP contribution in [0, 0.1) is 0 Å². The number of nitrogens with zero attached hydrogens (tertiary/aromatic N) is 6. The van der Waals surface area contributed by atoms with Crippen molar-refractivity contribution in [3.8, 4) is 0 Å². The van der Waals surface area contributed by atoms with Crippen molar-refractivity contribution in [3.05, 3.63) is 83.9 Å². The SMILES string of the molecule is CC(=O)NCCCNc1nc(Nc2ccc(/C=C/c3ccc(Nc4nc(NCCCNC(C)=O)nc(Nc5cc(S(=O)(=O)[O-])ccc5S(=O)(=O)[O-])n4)cc3S(=O)(=O)[O-])c(S(=O)(=O)[O-])c2)nc(Nc2cc(S(=O)(=O)[O-])ccc2S(=O)(=O)[O-])n1.[Na+].[Na+].[Na+].[Na+].[Na+].[Na+]. The van der Waals surface area contributed by atoms with Gasteiger partial charge in [-0.15, -0.1) is 0 Å². The molecule has 8 N–H and O–H groups in total. The van der Waals surface area contributed by atoms with Crippen LogP contribution in [0.3, 0.4) is 0 Å². The van der Waals surface area contributed by atoms with Crippen LogP contribution >= 0.6 is 0 Å². The first kappa shape index (κ1) is 85.8. The predicted molar refractivity (Wildman–Crippen MR) is 279 cm³/mol. The molecule has 0 aliphatic carbocycles. The van der Waals surface area contributed by atoms with E-state index < -0.39 is 125 Å². The zero-order chi connectivity index (χ0) is 60.6. The van der Waals surface area contributed by atoms with Gasteiger partial charge >= 0.3 is 177 Å². The molecule has 0 aliphatic rings. The predicted octanol–water partition coefficient (Wildman–Crippen LogP) is -17.5. The summed E-state index contributed by atoms with van der Waals surface area (Å²) in [5.41, 5.74) is -2.77. The Kier molecular flexibility index (Phi) is 35.6. The molecule has 34 nitrogen and oxygen atoms in total.